The number of hydrogen-bond donors (Lipinski definition) is 5. The summed E-state index contributed by atoms with van der Waals surface area (Å²) in [4.78, 5) is 0. The van der Waals surface area contributed by atoms with Crippen molar-refractivity contribution in [1.82, 2.24) is 30.8 Å². The average molecular weight is 186 g/mol. The molecule has 45 valence electrons. The molecule has 0 saturated carbocycles. The largest absolute Gasteiger partial charge is 3.00 e. The van der Waals surface area contributed by atoms with Gasteiger partial charge in [-0.1, -0.05) is 0 Å². The molecule has 0 aliphatic heterocycles. The average Bonchev–Trinajstić information content (AvgIpc) is 0. The van der Waals surface area contributed by atoms with Crippen LogP contribution in [-0.4, -0.2) is 0 Å². The van der Waals surface area contributed by atoms with Gasteiger partial charge in [0.15, 0.2) is 0 Å². The van der Waals surface area contributed by atoms with Crippen LogP contribution >= 0.6 is 0 Å². The summed E-state index contributed by atoms with van der Waals surface area (Å²) in [6.45, 7) is 0. The van der Waals surface area contributed by atoms with E-state index in [1.807, 2.05) is 0 Å². The maximum absolute atomic E-state index is 0. The molecule has 1 radical (unpaired) electrons. The summed E-state index contributed by atoms with van der Waals surface area (Å²) in [7, 11) is 0. The Bertz CT molecular complexity index is 3.90. The van der Waals surface area contributed by atoms with Crippen LogP contribution < -0.4 is 30.8 Å². The Hall–Kier alpha value is 0.423. The Morgan fingerprint density at radius 3 is 0.333 bits per heavy atom. The predicted molar refractivity (Wildman–Crippen MR) is 25.1 cm³/mol. The molecule has 0 aromatic heterocycles. The maximum atomic E-state index is 0. The Kier molecular flexibility index (Phi) is 104000. The van der Waals surface area contributed by atoms with Crippen molar-refractivity contribution >= 4 is 0 Å². The van der Waals surface area contributed by atoms with Crippen LogP contribution in [0.3, 0.4) is 0 Å². The molecular formula is H15N5Ru+3. The molecule has 0 atom stereocenters. The van der Waals surface area contributed by atoms with Gasteiger partial charge in [0, 0.05) is 0 Å². The van der Waals surface area contributed by atoms with E-state index < -0.39 is 0 Å². The Morgan fingerprint density at radius 1 is 0.333 bits per heavy atom. The molecule has 0 rings (SSSR count). The maximum Gasteiger partial charge on any atom is 3.00 e. The molecule has 6 heavy (non-hydrogen) atoms. The second-order valence-electron chi connectivity index (χ2n) is 0. The van der Waals surface area contributed by atoms with Crippen molar-refractivity contribution < 1.29 is 19.5 Å². The van der Waals surface area contributed by atoms with Gasteiger partial charge in [-0.15, -0.1) is 0 Å². The molecule has 6 heteroatoms. The minimum absolute atomic E-state index is 0. The van der Waals surface area contributed by atoms with Gasteiger partial charge >= 0.3 is 19.5 Å². The quantitative estimate of drug-likeness (QED) is 0.351. The SMILES string of the molecule is N.N.N.N.N.[Ru+3]. The van der Waals surface area contributed by atoms with Crippen LogP contribution in [0, 0.1) is 0 Å². The second-order valence-corrected chi connectivity index (χ2v) is 0. The minimum atomic E-state index is 0. The van der Waals surface area contributed by atoms with Crippen molar-refractivity contribution in [2.24, 2.45) is 0 Å². The van der Waals surface area contributed by atoms with Gasteiger partial charge in [0.05, 0.1) is 0 Å². The van der Waals surface area contributed by atoms with Gasteiger partial charge in [-0.25, -0.2) is 0 Å². The molecule has 0 amide bonds. The van der Waals surface area contributed by atoms with Gasteiger partial charge in [0.1, 0.15) is 0 Å². The molecule has 0 unspecified atom stereocenters. The third-order valence-electron chi connectivity index (χ3n) is 0. The standard InChI is InChI=1S/5H3N.Ru/h5*1H3;/q;;;;;+3. The minimum Gasteiger partial charge on any atom is -0.344 e. The van der Waals surface area contributed by atoms with Crippen molar-refractivity contribution in [3.63, 3.8) is 0 Å². The molecule has 5 nitrogen and oxygen atoms in total. The molecule has 15 N–H and O–H groups in total. The van der Waals surface area contributed by atoms with E-state index in [-0.39, 0.29) is 50.2 Å². The van der Waals surface area contributed by atoms with E-state index in [2.05, 4.69) is 0 Å². The topological polar surface area (TPSA) is 175 Å². The van der Waals surface area contributed by atoms with E-state index in [1.165, 1.54) is 0 Å². The van der Waals surface area contributed by atoms with Crippen LogP contribution in [0.15, 0.2) is 0 Å². The van der Waals surface area contributed by atoms with Gasteiger partial charge in [-0.3, -0.25) is 0 Å². The summed E-state index contributed by atoms with van der Waals surface area (Å²) < 4.78 is 0. The molecule has 0 bridgehead atoms. The summed E-state index contributed by atoms with van der Waals surface area (Å²) >= 11 is 0. The van der Waals surface area contributed by atoms with Crippen molar-refractivity contribution in [3.05, 3.63) is 0 Å². The van der Waals surface area contributed by atoms with Gasteiger partial charge in [0.25, 0.3) is 0 Å². The van der Waals surface area contributed by atoms with Crippen molar-refractivity contribution in [1.29, 1.82) is 0 Å². The first kappa shape index (κ1) is 1050. The fourth-order valence-corrected chi connectivity index (χ4v) is 0. The third-order valence-corrected chi connectivity index (χ3v) is 0. The first-order valence-corrected chi connectivity index (χ1v) is 0. The Balaban J connectivity index is 0. The first-order valence-electron chi connectivity index (χ1n) is 0. The molecule has 0 heterocycles. The normalized spacial score (nSPS) is 0. The summed E-state index contributed by atoms with van der Waals surface area (Å²) in [6.07, 6.45) is 0. The van der Waals surface area contributed by atoms with Crippen molar-refractivity contribution in [2.75, 3.05) is 0 Å². The molecule has 0 aromatic rings. The molecule has 0 aliphatic rings. The van der Waals surface area contributed by atoms with Crippen molar-refractivity contribution in [3.8, 4) is 0 Å². The fourth-order valence-electron chi connectivity index (χ4n) is 0. The molecule has 0 fully saturated rings. The molecule has 0 spiro atoms. The molecule has 0 aromatic carbocycles. The van der Waals surface area contributed by atoms with E-state index in [9.17, 15) is 0 Å². The zero-order chi connectivity index (χ0) is 0. The third kappa shape index (κ3) is 289. The first-order chi connectivity index (χ1) is 0. The van der Waals surface area contributed by atoms with Gasteiger partial charge < -0.3 is 30.8 Å². The van der Waals surface area contributed by atoms with Crippen LogP contribution in [0.1, 0.15) is 0 Å². The van der Waals surface area contributed by atoms with E-state index >= 15 is 0 Å². The van der Waals surface area contributed by atoms with E-state index in [1.54, 1.807) is 0 Å². The van der Waals surface area contributed by atoms with Crippen LogP contribution in [0.2, 0.25) is 0 Å². The molecular weight excluding hydrogens is 171 g/mol. The summed E-state index contributed by atoms with van der Waals surface area (Å²) in [6, 6.07) is 0. The molecule has 0 aliphatic carbocycles. The van der Waals surface area contributed by atoms with Crippen LogP contribution in [0.5, 0.6) is 0 Å². The van der Waals surface area contributed by atoms with Crippen molar-refractivity contribution in [2.45, 2.75) is 0 Å². The number of hydrogen-bond acceptors (Lipinski definition) is 5. The monoisotopic (exact) mass is 187 g/mol. The zero-order valence-corrected chi connectivity index (χ0v) is 5.63. The van der Waals surface area contributed by atoms with E-state index in [4.69, 9.17) is 0 Å². The van der Waals surface area contributed by atoms with E-state index in [0.717, 1.165) is 0 Å². The van der Waals surface area contributed by atoms with E-state index in [0.29, 0.717) is 0 Å². The van der Waals surface area contributed by atoms with Gasteiger partial charge in [0.2, 0.25) is 0 Å². The fraction of sp³-hybridized carbons (Fsp3) is 0. The summed E-state index contributed by atoms with van der Waals surface area (Å²) in [5.74, 6) is 0. The van der Waals surface area contributed by atoms with Crippen LogP contribution in [0.4, 0.5) is 0 Å². The Labute approximate surface area is 50.9 Å². The smallest absolute Gasteiger partial charge is 0.344 e. The predicted octanol–water partition coefficient (Wildman–Crippen LogP) is 0.807. The van der Waals surface area contributed by atoms with Gasteiger partial charge in [-0.2, -0.15) is 0 Å². The summed E-state index contributed by atoms with van der Waals surface area (Å²) in [5, 5.41) is 0. The van der Waals surface area contributed by atoms with Gasteiger partial charge in [-0.05, 0) is 0 Å². The Morgan fingerprint density at radius 2 is 0.333 bits per heavy atom. The zero-order valence-electron chi connectivity index (χ0n) is 3.89. The second kappa shape index (κ2) is 592. The summed E-state index contributed by atoms with van der Waals surface area (Å²) in [5.41, 5.74) is 0. The molecule has 0 saturated heterocycles. The van der Waals surface area contributed by atoms with Crippen LogP contribution in [-0.2, 0) is 19.5 Å². The number of rotatable bonds is 0. The van der Waals surface area contributed by atoms with Crippen LogP contribution in [0.25, 0.3) is 0 Å².